The van der Waals surface area contributed by atoms with Gasteiger partial charge in [-0.25, -0.2) is 0 Å². The maximum Gasteiger partial charge on any atom is 0.416 e. The zero-order chi connectivity index (χ0) is 23.7. The van der Waals surface area contributed by atoms with Gasteiger partial charge in [0.1, 0.15) is 5.82 Å². The highest BCUT2D eigenvalue weighted by Crippen LogP contribution is 2.33. The van der Waals surface area contributed by atoms with Crippen molar-refractivity contribution in [2.24, 2.45) is 0 Å². The van der Waals surface area contributed by atoms with E-state index < -0.39 is 11.7 Å². The highest BCUT2D eigenvalue weighted by Gasteiger charge is 2.32. The van der Waals surface area contributed by atoms with Crippen molar-refractivity contribution < 1.29 is 13.2 Å². The van der Waals surface area contributed by atoms with E-state index in [1.807, 2.05) is 29.6 Å². The molecule has 0 aliphatic carbocycles. The molecule has 0 saturated carbocycles. The molecule has 0 N–H and O–H groups in total. The molecule has 0 amide bonds. The Morgan fingerprint density at radius 2 is 1.68 bits per heavy atom. The fourth-order valence-corrected chi connectivity index (χ4v) is 4.87. The van der Waals surface area contributed by atoms with Crippen LogP contribution in [0.15, 0.2) is 78.2 Å². The molecule has 172 valence electrons. The summed E-state index contributed by atoms with van der Waals surface area (Å²) in [5.74, 6) is 1.51. The van der Waals surface area contributed by atoms with Crippen LogP contribution in [-0.2, 0) is 25.6 Å². The van der Waals surface area contributed by atoms with E-state index in [1.165, 1.54) is 19.1 Å². The Morgan fingerprint density at radius 1 is 0.853 bits per heavy atom. The van der Waals surface area contributed by atoms with Crippen LogP contribution < -0.4 is 0 Å². The monoisotopic (exact) mass is 477 g/mol. The Morgan fingerprint density at radius 3 is 2.44 bits per heavy atom. The summed E-state index contributed by atoms with van der Waals surface area (Å²) in [6, 6.07) is 23.0. The first-order valence-corrected chi connectivity index (χ1v) is 11.9. The molecule has 0 saturated heterocycles. The molecule has 0 atom stereocenters. The van der Waals surface area contributed by atoms with E-state index in [9.17, 15) is 13.2 Å². The smallest absolute Gasteiger partial charge is 0.306 e. The summed E-state index contributed by atoms with van der Waals surface area (Å²) < 4.78 is 42.1. The molecule has 0 unspecified atom stereocenters. The van der Waals surface area contributed by atoms with Gasteiger partial charge in [-0.2, -0.15) is 13.2 Å². The molecular formula is C27H22F3N3S. The third kappa shape index (κ3) is 4.61. The minimum Gasteiger partial charge on any atom is -0.306 e. The van der Waals surface area contributed by atoms with Gasteiger partial charge in [0.15, 0.2) is 5.82 Å². The van der Waals surface area contributed by atoms with Gasteiger partial charge in [0.05, 0.1) is 12.1 Å². The summed E-state index contributed by atoms with van der Waals surface area (Å²) >= 11 is 1.66. The second-order valence-electron chi connectivity index (χ2n) is 8.31. The summed E-state index contributed by atoms with van der Waals surface area (Å²) in [5.41, 5.74) is 1.25. The molecule has 2 aromatic heterocycles. The topological polar surface area (TPSA) is 30.7 Å². The Bertz CT molecular complexity index is 1440. The van der Waals surface area contributed by atoms with Crippen LogP contribution in [0.2, 0.25) is 0 Å². The first-order chi connectivity index (χ1) is 16.4. The van der Waals surface area contributed by atoms with Crippen LogP contribution in [0.25, 0.3) is 22.2 Å². The number of rotatable bonds is 6. The van der Waals surface area contributed by atoms with Crippen molar-refractivity contribution in [3.63, 3.8) is 0 Å². The normalized spacial score (nSPS) is 11.9. The summed E-state index contributed by atoms with van der Waals surface area (Å²) in [5, 5.41) is 13.2. The Balaban J connectivity index is 1.48. The van der Waals surface area contributed by atoms with E-state index in [1.54, 1.807) is 17.4 Å². The summed E-state index contributed by atoms with van der Waals surface area (Å²) in [6.45, 7) is 2.10. The van der Waals surface area contributed by atoms with Gasteiger partial charge in [-0.3, -0.25) is 0 Å². The van der Waals surface area contributed by atoms with Crippen molar-refractivity contribution in [3.8, 4) is 11.4 Å². The van der Waals surface area contributed by atoms with E-state index in [0.29, 0.717) is 24.9 Å². The van der Waals surface area contributed by atoms with Gasteiger partial charge in [-0.05, 0) is 58.8 Å². The van der Waals surface area contributed by atoms with E-state index in [-0.39, 0.29) is 5.56 Å². The number of hydrogen-bond acceptors (Lipinski definition) is 3. The van der Waals surface area contributed by atoms with Crippen LogP contribution in [-0.4, -0.2) is 14.8 Å². The second kappa shape index (κ2) is 9.06. The van der Waals surface area contributed by atoms with Crippen LogP contribution in [0.1, 0.15) is 27.4 Å². The largest absolute Gasteiger partial charge is 0.416 e. The molecule has 3 nitrogen and oxygen atoms in total. The van der Waals surface area contributed by atoms with E-state index in [0.717, 1.165) is 32.9 Å². The number of alkyl halides is 3. The third-order valence-corrected chi connectivity index (χ3v) is 6.83. The van der Waals surface area contributed by atoms with Crippen molar-refractivity contribution in [2.75, 3.05) is 0 Å². The lowest BCUT2D eigenvalue weighted by atomic mass is 10.0. The highest BCUT2D eigenvalue weighted by molar-refractivity contribution is 7.09. The van der Waals surface area contributed by atoms with Crippen molar-refractivity contribution >= 4 is 22.1 Å². The van der Waals surface area contributed by atoms with Gasteiger partial charge in [0.2, 0.25) is 0 Å². The molecule has 0 aliphatic heterocycles. The molecule has 5 rings (SSSR count). The molecule has 3 aromatic carbocycles. The first kappa shape index (κ1) is 22.3. The van der Waals surface area contributed by atoms with Crippen LogP contribution in [0.5, 0.6) is 0 Å². The van der Waals surface area contributed by atoms with Crippen molar-refractivity contribution in [1.29, 1.82) is 0 Å². The summed E-state index contributed by atoms with van der Waals surface area (Å²) in [7, 11) is 0. The number of aromatic nitrogens is 3. The summed E-state index contributed by atoms with van der Waals surface area (Å²) in [6.07, 6.45) is -3.42. The van der Waals surface area contributed by atoms with Gasteiger partial charge < -0.3 is 4.57 Å². The van der Waals surface area contributed by atoms with Gasteiger partial charge in [-0.1, -0.05) is 54.6 Å². The molecule has 0 radical (unpaired) electrons. The quantitative estimate of drug-likeness (QED) is 0.257. The van der Waals surface area contributed by atoms with E-state index in [4.69, 9.17) is 0 Å². The molecule has 0 bridgehead atoms. The van der Waals surface area contributed by atoms with Gasteiger partial charge in [-0.15, -0.1) is 21.5 Å². The molecule has 2 heterocycles. The lowest BCUT2D eigenvalue weighted by Gasteiger charge is -2.13. The van der Waals surface area contributed by atoms with Crippen LogP contribution in [0.3, 0.4) is 0 Å². The summed E-state index contributed by atoms with van der Waals surface area (Å²) in [4.78, 5) is 1.16. The Hall–Kier alpha value is -3.45. The maximum atomic E-state index is 13.3. The third-order valence-electron chi connectivity index (χ3n) is 5.97. The number of halogens is 3. The lowest BCUT2D eigenvalue weighted by molar-refractivity contribution is -0.138. The van der Waals surface area contributed by atoms with Gasteiger partial charge >= 0.3 is 6.18 Å². The number of aryl methyl sites for hydroxylation is 3. The van der Waals surface area contributed by atoms with Crippen LogP contribution >= 0.6 is 11.3 Å². The zero-order valence-corrected chi connectivity index (χ0v) is 19.3. The predicted octanol–water partition coefficient (Wildman–Crippen LogP) is 7.32. The molecule has 0 spiro atoms. The average Bonchev–Trinajstić information content (AvgIpc) is 3.48. The standard InChI is InChI=1S/C27H22F3N3S/c1-18-8-9-19(15-24(18)27(28,29)30)10-13-25-31-32-26(33(25)17-23-7-4-14-34-23)22-12-11-20-5-2-3-6-21(20)16-22/h2-9,11-12,14-16H,10,13,17H2,1H3. The van der Waals surface area contributed by atoms with Crippen molar-refractivity contribution in [2.45, 2.75) is 32.5 Å². The van der Waals surface area contributed by atoms with Crippen LogP contribution in [0.4, 0.5) is 13.2 Å². The molecule has 0 fully saturated rings. The Kier molecular flexibility index (Phi) is 5.96. The average molecular weight is 478 g/mol. The number of hydrogen-bond donors (Lipinski definition) is 0. The van der Waals surface area contributed by atoms with Crippen LogP contribution in [0, 0.1) is 6.92 Å². The molecule has 5 aromatic rings. The van der Waals surface area contributed by atoms with Crippen molar-refractivity contribution in [3.05, 3.63) is 106 Å². The van der Waals surface area contributed by atoms with Crippen molar-refractivity contribution in [1.82, 2.24) is 14.8 Å². The van der Waals surface area contributed by atoms with E-state index in [2.05, 4.69) is 45.1 Å². The SMILES string of the molecule is Cc1ccc(CCc2nnc(-c3ccc4ccccc4c3)n2Cc2cccs2)cc1C(F)(F)F. The fraction of sp³-hybridized carbons (Fsp3) is 0.185. The second-order valence-corrected chi connectivity index (χ2v) is 9.35. The van der Waals surface area contributed by atoms with Gasteiger partial charge in [0.25, 0.3) is 0 Å². The first-order valence-electron chi connectivity index (χ1n) is 11.0. The molecule has 7 heteroatoms. The minimum absolute atomic E-state index is 0.232. The minimum atomic E-state index is -4.36. The molecule has 34 heavy (non-hydrogen) atoms. The number of benzene rings is 3. The van der Waals surface area contributed by atoms with Gasteiger partial charge in [0, 0.05) is 16.9 Å². The fourth-order valence-electron chi connectivity index (χ4n) is 4.17. The molecule has 0 aliphatic rings. The zero-order valence-electron chi connectivity index (χ0n) is 18.5. The number of nitrogens with zero attached hydrogens (tertiary/aromatic N) is 3. The predicted molar refractivity (Wildman–Crippen MR) is 130 cm³/mol. The number of fused-ring (bicyclic) bond motifs is 1. The van der Waals surface area contributed by atoms with E-state index >= 15 is 0 Å². The highest BCUT2D eigenvalue weighted by atomic mass is 32.1. The molecular weight excluding hydrogens is 455 g/mol. The maximum absolute atomic E-state index is 13.3. The number of thiophene rings is 1. The Labute approximate surface area is 199 Å². The lowest BCUT2D eigenvalue weighted by Crippen LogP contribution is -2.10.